The summed E-state index contributed by atoms with van der Waals surface area (Å²) >= 11 is 1.42. The molecule has 1 rings (SSSR count). The summed E-state index contributed by atoms with van der Waals surface area (Å²) in [6, 6.07) is 0. The fourth-order valence-electron chi connectivity index (χ4n) is 1.02. The summed E-state index contributed by atoms with van der Waals surface area (Å²) in [5, 5.41) is 4.76. The summed E-state index contributed by atoms with van der Waals surface area (Å²) in [5.74, 6) is 0. The minimum absolute atomic E-state index is 1.01. The average Bonchev–Trinajstić information content (AvgIpc) is 2.59. The molecule has 0 aliphatic rings. The van der Waals surface area contributed by atoms with Crippen LogP contribution in [-0.4, -0.2) is 22.7 Å². The number of anilines is 1. The Morgan fingerprint density at radius 3 is 2.83 bits per heavy atom. The third-order valence-electron chi connectivity index (χ3n) is 1.76. The fraction of sp³-hybridized carbons (Fsp3) is 0.750. The molecule has 12 heavy (non-hydrogen) atoms. The van der Waals surface area contributed by atoms with Crippen LogP contribution >= 0.6 is 11.5 Å². The summed E-state index contributed by atoms with van der Waals surface area (Å²) in [4.78, 5) is 2.26. The van der Waals surface area contributed by atoms with Crippen LogP contribution in [0.3, 0.4) is 0 Å². The normalized spacial score (nSPS) is 10.2. The van der Waals surface area contributed by atoms with E-state index in [1.807, 2.05) is 0 Å². The van der Waals surface area contributed by atoms with E-state index in [-0.39, 0.29) is 0 Å². The Morgan fingerprint density at radius 1 is 1.50 bits per heavy atom. The lowest BCUT2D eigenvalue weighted by Crippen LogP contribution is -2.22. The molecule has 0 amide bonds. The Labute approximate surface area is 77.6 Å². The first-order chi connectivity index (χ1) is 5.88. The maximum Gasteiger partial charge on any atom is 0.153 e. The summed E-state index contributed by atoms with van der Waals surface area (Å²) in [6.45, 7) is 6.44. The number of hydrogen-bond donors (Lipinski definition) is 0. The molecule has 1 radical (unpaired) electrons. The molecular weight excluding hydrogens is 170 g/mol. The topological polar surface area (TPSA) is 29.0 Å². The highest BCUT2D eigenvalue weighted by molar-refractivity contribution is 7.09. The van der Waals surface area contributed by atoms with Crippen LogP contribution in [-0.2, 0) is 0 Å². The molecule has 0 aliphatic heterocycles. The molecule has 67 valence electrons. The van der Waals surface area contributed by atoms with Gasteiger partial charge in [0.05, 0.1) is 0 Å². The summed E-state index contributed by atoms with van der Waals surface area (Å²) < 4.78 is 3.79. The first kappa shape index (κ1) is 9.45. The molecule has 1 aromatic heterocycles. The molecule has 0 spiro atoms. The highest BCUT2D eigenvalue weighted by Crippen LogP contribution is 2.15. The molecule has 0 saturated carbocycles. The molecule has 3 nitrogen and oxygen atoms in total. The third-order valence-corrected chi connectivity index (χ3v) is 2.45. The molecule has 0 saturated heterocycles. The smallest absolute Gasteiger partial charge is 0.153 e. The van der Waals surface area contributed by atoms with E-state index in [1.165, 1.54) is 24.4 Å². The van der Waals surface area contributed by atoms with Crippen molar-refractivity contribution < 1.29 is 0 Å². The Hall–Kier alpha value is -0.640. The Balaban J connectivity index is 2.45. The minimum Gasteiger partial charge on any atom is -0.361 e. The summed E-state index contributed by atoms with van der Waals surface area (Å²) in [7, 11) is 0. The second kappa shape index (κ2) is 5.09. The van der Waals surface area contributed by atoms with Crippen LogP contribution in [0.15, 0.2) is 0 Å². The number of nitrogens with zero attached hydrogens (tertiary/aromatic N) is 3. The van der Waals surface area contributed by atoms with E-state index in [4.69, 9.17) is 0 Å². The first-order valence-electron chi connectivity index (χ1n) is 4.33. The van der Waals surface area contributed by atoms with Crippen molar-refractivity contribution in [3.63, 3.8) is 0 Å². The van der Waals surface area contributed by atoms with Gasteiger partial charge in [0.2, 0.25) is 0 Å². The van der Waals surface area contributed by atoms with Crippen LogP contribution < -0.4 is 4.90 Å². The maximum absolute atomic E-state index is 3.79. The summed E-state index contributed by atoms with van der Waals surface area (Å²) in [5.41, 5.74) is 0. The second-order valence-electron chi connectivity index (χ2n) is 2.62. The number of rotatable bonds is 5. The second-order valence-corrected chi connectivity index (χ2v) is 3.36. The van der Waals surface area contributed by atoms with Crippen molar-refractivity contribution in [2.45, 2.75) is 26.7 Å². The predicted octanol–water partition coefficient (Wildman–Crippen LogP) is 1.96. The monoisotopic (exact) mass is 184 g/mol. The zero-order valence-electron chi connectivity index (χ0n) is 7.58. The van der Waals surface area contributed by atoms with E-state index in [0.29, 0.717) is 0 Å². The maximum atomic E-state index is 3.79. The van der Waals surface area contributed by atoms with Crippen LogP contribution in [0, 0.1) is 6.20 Å². The lowest BCUT2D eigenvalue weighted by molar-refractivity contribution is 0.735. The molecule has 0 aromatic carbocycles. The van der Waals surface area contributed by atoms with Crippen molar-refractivity contribution in [1.29, 1.82) is 0 Å². The Kier molecular flexibility index (Phi) is 4.00. The SMILES string of the molecule is CCCCN(CC)c1[c]nns1. The number of unbranched alkanes of at least 4 members (excludes halogenated alkanes) is 1. The van der Waals surface area contributed by atoms with Crippen LogP contribution in [0.5, 0.6) is 0 Å². The van der Waals surface area contributed by atoms with Gasteiger partial charge in [0.1, 0.15) is 5.00 Å². The van der Waals surface area contributed by atoms with Gasteiger partial charge in [-0.15, -0.1) is 5.10 Å². The van der Waals surface area contributed by atoms with Gasteiger partial charge in [0.25, 0.3) is 0 Å². The van der Waals surface area contributed by atoms with Crippen molar-refractivity contribution in [2.24, 2.45) is 0 Å². The number of hydrogen-bond acceptors (Lipinski definition) is 4. The molecule has 1 heterocycles. The van der Waals surface area contributed by atoms with Crippen LogP contribution in [0.25, 0.3) is 0 Å². The van der Waals surface area contributed by atoms with Gasteiger partial charge in [-0.05, 0) is 13.3 Å². The van der Waals surface area contributed by atoms with Crippen molar-refractivity contribution in [2.75, 3.05) is 18.0 Å². The van der Waals surface area contributed by atoms with Crippen molar-refractivity contribution in [3.05, 3.63) is 6.20 Å². The average molecular weight is 184 g/mol. The molecule has 0 atom stereocenters. The Bertz CT molecular complexity index is 198. The van der Waals surface area contributed by atoms with Gasteiger partial charge in [0.15, 0.2) is 6.20 Å². The lowest BCUT2D eigenvalue weighted by Gasteiger charge is -2.18. The molecule has 0 N–H and O–H groups in total. The predicted molar refractivity (Wildman–Crippen MR) is 51.5 cm³/mol. The molecule has 0 fully saturated rings. The molecule has 4 heteroatoms. The van der Waals surface area contributed by atoms with E-state index in [2.05, 4.69) is 34.5 Å². The van der Waals surface area contributed by atoms with E-state index >= 15 is 0 Å². The number of aromatic nitrogens is 2. The molecule has 0 unspecified atom stereocenters. The fourth-order valence-corrected chi connectivity index (χ4v) is 1.60. The van der Waals surface area contributed by atoms with Gasteiger partial charge in [-0.3, -0.25) is 0 Å². The van der Waals surface area contributed by atoms with Gasteiger partial charge >= 0.3 is 0 Å². The lowest BCUT2D eigenvalue weighted by atomic mass is 10.3. The van der Waals surface area contributed by atoms with Gasteiger partial charge in [0, 0.05) is 24.6 Å². The third kappa shape index (κ3) is 2.44. The van der Waals surface area contributed by atoms with E-state index in [9.17, 15) is 0 Å². The first-order valence-corrected chi connectivity index (χ1v) is 5.10. The quantitative estimate of drug-likeness (QED) is 0.700. The Morgan fingerprint density at radius 2 is 2.33 bits per heavy atom. The van der Waals surface area contributed by atoms with Crippen LogP contribution in [0.1, 0.15) is 26.7 Å². The standard InChI is InChI=1S/C8H14N3S/c1-3-5-6-11(4-2)8-7-9-10-12-8/h3-6H2,1-2H3. The molecule has 0 aliphatic carbocycles. The van der Waals surface area contributed by atoms with E-state index in [1.54, 1.807) is 0 Å². The van der Waals surface area contributed by atoms with Gasteiger partial charge in [-0.1, -0.05) is 17.8 Å². The zero-order chi connectivity index (χ0) is 8.81. The molecular formula is C8H14N3S. The van der Waals surface area contributed by atoms with Gasteiger partial charge in [-0.25, -0.2) is 0 Å². The minimum atomic E-state index is 1.01. The van der Waals surface area contributed by atoms with E-state index in [0.717, 1.165) is 18.1 Å². The van der Waals surface area contributed by atoms with Gasteiger partial charge in [-0.2, -0.15) is 0 Å². The largest absolute Gasteiger partial charge is 0.361 e. The van der Waals surface area contributed by atoms with Crippen LogP contribution in [0.4, 0.5) is 5.00 Å². The van der Waals surface area contributed by atoms with Crippen molar-refractivity contribution in [1.82, 2.24) is 9.59 Å². The molecule has 0 bridgehead atoms. The van der Waals surface area contributed by atoms with Crippen LogP contribution in [0.2, 0.25) is 0 Å². The van der Waals surface area contributed by atoms with Crippen molar-refractivity contribution >= 4 is 16.5 Å². The molecule has 1 aromatic rings. The van der Waals surface area contributed by atoms with E-state index < -0.39 is 0 Å². The van der Waals surface area contributed by atoms with Gasteiger partial charge < -0.3 is 4.90 Å². The zero-order valence-corrected chi connectivity index (χ0v) is 8.39. The highest BCUT2D eigenvalue weighted by atomic mass is 32.1. The summed E-state index contributed by atoms with van der Waals surface area (Å²) in [6.07, 6.45) is 5.33. The van der Waals surface area contributed by atoms with Crippen molar-refractivity contribution in [3.8, 4) is 0 Å². The highest BCUT2D eigenvalue weighted by Gasteiger charge is 2.05.